The van der Waals surface area contributed by atoms with E-state index in [1.165, 1.54) is 0 Å². The average molecular weight is 390 g/mol. The van der Waals surface area contributed by atoms with Gasteiger partial charge in [0.15, 0.2) is 0 Å². The van der Waals surface area contributed by atoms with E-state index >= 15 is 0 Å². The van der Waals surface area contributed by atoms with Crippen LogP contribution in [0.3, 0.4) is 0 Å². The van der Waals surface area contributed by atoms with Crippen LogP contribution >= 0.6 is 0 Å². The fraction of sp³-hybridized carbons (Fsp3) is 0.524. The van der Waals surface area contributed by atoms with Crippen molar-refractivity contribution in [1.29, 1.82) is 0 Å². The quantitative estimate of drug-likeness (QED) is 0.350. The van der Waals surface area contributed by atoms with E-state index in [1.807, 2.05) is 12.3 Å². The highest BCUT2D eigenvalue weighted by Crippen LogP contribution is 2.36. The highest BCUT2D eigenvalue weighted by Gasteiger charge is 2.38. The smallest absolute Gasteiger partial charge is 0.285 e. The SMILES string of the molecule is CCC(C/C=C\O[Si](C)(C)C(C)(C)C)CON1C(=O)c2ccccc2C1=O. The second-order valence-electron chi connectivity index (χ2n) is 8.51. The molecule has 1 unspecified atom stereocenters. The van der Waals surface area contributed by atoms with Gasteiger partial charge in [0.2, 0.25) is 8.32 Å². The van der Waals surface area contributed by atoms with Crippen molar-refractivity contribution in [3.8, 4) is 0 Å². The molecular formula is C21H31NO4Si. The van der Waals surface area contributed by atoms with E-state index in [4.69, 9.17) is 9.26 Å². The van der Waals surface area contributed by atoms with Gasteiger partial charge in [-0.3, -0.25) is 14.4 Å². The number of carbonyl (C=O) groups is 2. The van der Waals surface area contributed by atoms with Crippen LogP contribution in [0.15, 0.2) is 36.6 Å². The summed E-state index contributed by atoms with van der Waals surface area (Å²) in [5, 5.41) is 1.05. The van der Waals surface area contributed by atoms with E-state index in [2.05, 4.69) is 40.8 Å². The van der Waals surface area contributed by atoms with Crippen LogP contribution in [-0.2, 0) is 9.26 Å². The summed E-state index contributed by atoms with van der Waals surface area (Å²) in [4.78, 5) is 30.2. The number of amides is 2. The number of rotatable bonds is 8. The Morgan fingerprint density at radius 3 is 2.15 bits per heavy atom. The van der Waals surface area contributed by atoms with Crippen LogP contribution < -0.4 is 0 Å². The maximum Gasteiger partial charge on any atom is 0.285 e. The third kappa shape index (κ3) is 4.87. The van der Waals surface area contributed by atoms with Crippen molar-refractivity contribution in [2.75, 3.05) is 6.61 Å². The zero-order valence-corrected chi connectivity index (χ0v) is 18.2. The minimum Gasteiger partial charge on any atom is -0.549 e. The van der Waals surface area contributed by atoms with Crippen molar-refractivity contribution >= 4 is 20.1 Å². The fourth-order valence-electron chi connectivity index (χ4n) is 2.46. The number of hydrogen-bond donors (Lipinski definition) is 0. The average Bonchev–Trinajstić information content (AvgIpc) is 2.85. The van der Waals surface area contributed by atoms with E-state index in [0.29, 0.717) is 17.7 Å². The predicted octanol–water partition coefficient (Wildman–Crippen LogP) is 5.17. The van der Waals surface area contributed by atoms with Gasteiger partial charge in [-0.1, -0.05) is 52.3 Å². The Kier molecular flexibility index (Phi) is 6.65. The van der Waals surface area contributed by atoms with E-state index in [0.717, 1.165) is 17.9 Å². The predicted molar refractivity (Wildman–Crippen MR) is 109 cm³/mol. The third-order valence-electron chi connectivity index (χ3n) is 5.51. The molecule has 1 aliphatic heterocycles. The Morgan fingerprint density at radius 1 is 1.11 bits per heavy atom. The summed E-state index contributed by atoms with van der Waals surface area (Å²) in [5.74, 6) is -0.571. The standard InChI is InChI=1S/C21H31NO4Si/c1-7-16(11-10-14-26-27(5,6)21(2,3)4)15-25-22-19(23)17-12-8-9-13-18(17)20(22)24/h8-10,12-14,16H,7,11,15H2,1-6H3/b14-10-. The maximum atomic E-state index is 12.3. The second kappa shape index (κ2) is 8.40. The largest absolute Gasteiger partial charge is 0.549 e. The Balaban J connectivity index is 1.87. The first kappa shape index (κ1) is 21.4. The maximum absolute atomic E-state index is 12.3. The highest BCUT2D eigenvalue weighted by molar-refractivity contribution is 6.74. The molecule has 1 aromatic carbocycles. The molecule has 5 nitrogen and oxygen atoms in total. The van der Waals surface area contributed by atoms with Crippen LogP contribution in [0.2, 0.25) is 18.1 Å². The number of nitrogens with zero attached hydrogens (tertiary/aromatic N) is 1. The Hall–Kier alpha value is -1.92. The number of allylic oxidation sites excluding steroid dienone is 1. The van der Waals surface area contributed by atoms with E-state index < -0.39 is 8.32 Å². The van der Waals surface area contributed by atoms with Crippen molar-refractivity contribution in [3.63, 3.8) is 0 Å². The molecule has 0 aromatic heterocycles. The van der Waals surface area contributed by atoms with Gasteiger partial charge in [-0.2, -0.15) is 0 Å². The lowest BCUT2D eigenvalue weighted by Crippen LogP contribution is -2.39. The first-order valence-electron chi connectivity index (χ1n) is 9.52. The Morgan fingerprint density at radius 2 is 1.67 bits per heavy atom. The third-order valence-corrected chi connectivity index (χ3v) is 9.85. The first-order chi connectivity index (χ1) is 12.6. The summed E-state index contributed by atoms with van der Waals surface area (Å²) >= 11 is 0. The number of hydroxylamine groups is 2. The van der Waals surface area contributed by atoms with Gasteiger partial charge in [0.05, 0.1) is 24.0 Å². The van der Waals surface area contributed by atoms with Crippen LogP contribution in [0.5, 0.6) is 0 Å². The number of fused-ring (bicyclic) bond motifs is 1. The van der Waals surface area contributed by atoms with Crippen LogP contribution in [0.25, 0.3) is 0 Å². The Labute approximate surface area is 163 Å². The van der Waals surface area contributed by atoms with Crippen molar-refractivity contribution in [3.05, 3.63) is 47.7 Å². The molecule has 0 N–H and O–H groups in total. The molecular weight excluding hydrogens is 358 g/mol. The molecule has 27 heavy (non-hydrogen) atoms. The van der Waals surface area contributed by atoms with Crippen LogP contribution in [0, 0.1) is 5.92 Å². The number of hydrogen-bond acceptors (Lipinski definition) is 4. The van der Waals surface area contributed by atoms with Gasteiger partial charge in [-0.15, -0.1) is 5.06 Å². The minimum absolute atomic E-state index is 0.163. The summed E-state index contributed by atoms with van der Waals surface area (Å²) in [6.45, 7) is 13.4. The molecule has 1 atom stereocenters. The number of imide groups is 1. The molecule has 0 saturated heterocycles. The van der Waals surface area contributed by atoms with Gasteiger partial charge in [0, 0.05) is 0 Å². The second-order valence-corrected chi connectivity index (χ2v) is 13.3. The summed E-state index contributed by atoms with van der Waals surface area (Å²) < 4.78 is 6.04. The molecule has 1 aliphatic rings. The molecule has 0 saturated carbocycles. The molecule has 2 rings (SSSR count). The monoisotopic (exact) mass is 389 g/mol. The summed E-state index contributed by atoms with van der Waals surface area (Å²) in [5.41, 5.74) is 0.802. The van der Waals surface area contributed by atoms with Gasteiger partial charge >= 0.3 is 0 Å². The fourth-order valence-corrected chi connectivity index (χ4v) is 3.25. The molecule has 6 heteroatoms. The van der Waals surface area contributed by atoms with Gasteiger partial charge in [0.25, 0.3) is 11.8 Å². The normalized spacial score (nSPS) is 16.1. The molecule has 1 aromatic rings. The zero-order chi connectivity index (χ0) is 20.2. The van der Waals surface area contributed by atoms with Crippen molar-refractivity contribution < 1.29 is 18.9 Å². The number of benzene rings is 1. The van der Waals surface area contributed by atoms with Gasteiger partial charge in [-0.25, -0.2) is 0 Å². The molecule has 0 spiro atoms. The van der Waals surface area contributed by atoms with Crippen LogP contribution in [0.4, 0.5) is 0 Å². The number of carbonyl (C=O) groups excluding carboxylic acids is 2. The summed E-state index contributed by atoms with van der Waals surface area (Å²) in [6.07, 6.45) is 5.48. The first-order valence-corrected chi connectivity index (χ1v) is 12.4. The van der Waals surface area contributed by atoms with Crippen molar-refractivity contribution in [2.24, 2.45) is 5.92 Å². The molecule has 148 valence electrons. The van der Waals surface area contributed by atoms with Crippen molar-refractivity contribution in [1.82, 2.24) is 5.06 Å². The highest BCUT2D eigenvalue weighted by atomic mass is 28.4. The lowest BCUT2D eigenvalue weighted by Gasteiger charge is -2.35. The van der Waals surface area contributed by atoms with E-state index in [-0.39, 0.29) is 22.8 Å². The van der Waals surface area contributed by atoms with Gasteiger partial charge in [0.1, 0.15) is 0 Å². The van der Waals surface area contributed by atoms with Crippen LogP contribution in [0.1, 0.15) is 61.3 Å². The van der Waals surface area contributed by atoms with Crippen LogP contribution in [-0.4, -0.2) is 31.8 Å². The molecule has 0 fully saturated rings. The summed E-state index contributed by atoms with van der Waals surface area (Å²) in [7, 11) is -1.80. The molecule has 2 amide bonds. The molecule has 0 radical (unpaired) electrons. The molecule has 0 bridgehead atoms. The zero-order valence-electron chi connectivity index (χ0n) is 17.2. The van der Waals surface area contributed by atoms with Gasteiger partial charge in [-0.05, 0) is 42.6 Å². The lowest BCUT2D eigenvalue weighted by molar-refractivity contribution is -0.103. The molecule has 0 aliphatic carbocycles. The lowest BCUT2D eigenvalue weighted by atomic mass is 10.0. The van der Waals surface area contributed by atoms with Gasteiger partial charge < -0.3 is 4.43 Å². The minimum atomic E-state index is -1.80. The topological polar surface area (TPSA) is 55.8 Å². The van der Waals surface area contributed by atoms with Crippen molar-refractivity contribution in [2.45, 2.75) is 58.7 Å². The summed E-state index contributed by atoms with van der Waals surface area (Å²) in [6, 6.07) is 6.79. The Bertz CT molecular complexity index is 686. The van der Waals surface area contributed by atoms with E-state index in [9.17, 15) is 9.59 Å². The molecule has 1 heterocycles. The van der Waals surface area contributed by atoms with E-state index in [1.54, 1.807) is 24.3 Å².